The Labute approximate surface area is 117 Å². The molecule has 2 rings (SSSR count). The highest BCUT2D eigenvalue weighted by molar-refractivity contribution is 5.92. The van der Waals surface area contributed by atoms with Crippen molar-refractivity contribution in [1.82, 2.24) is 10.6 Å². The van der Waals surface area contributed by atoms with Crippen LogP contribution in [-0.4, -0.2) is 35.7 Å². The van der Waals surface area contributed by atoms with Gasteiger partial charge in [0.25, 0.3) is 0 Å². The Morgan fingerprint density at radius 2 is 1.85 bits per heavy atom. The van der Waals surface area contributed by atoms with Gasteiger partial charge in [-0.2, -0.15) is 0 Å². The van der Waals surface area contributed by atoms with Crippen LogP contribution in [0, 0.1) is 0 Å². The highest BCUT2D eigenvalue weighted by atomic mass is 16.3. The predicted octanol–water partition coefficient (Wildman–Crippen LogP) is 0.839. The summed E-state index contributed by atoms with van der Waals surface area (Å²) in [6, 6.07) is 8.54. The first kappa shape index (κ1) is 14.3. The molecule has 0 saturated heterocycles. The third kappa shape index (κ3) is 4.24. The number of carbonyl (C=O) groups excluding carboxylic acids is 2. The van der Waals surface area contributed by atoms with Crippen LogP contribution in [0.5, 0.6) is 0 Å². The van der Waals surface area contributed by atoms with Crippen LogP contribution in [0.2, 0.25) is 0 Å². The summed E-state index contributed by atoms with van der Waals surface area (Å²) in [6.07, 6.45) is 2.43. The van der Waals surface area contributed by atoms with Crippen molar-refractivity contribution in [2.75, 3.05) is 18.4 Å². The monoisotopic (exact) mass is 277 g/mol. The van der Waals surface area contributed by atoms with Gasteiger partial charge in [-0.25, -0.2) is 4.79 Å². The minimum atomic E-state index is -0.748. The summed E-state index contributed by atoms with van der Waals surface area (Å²) in [7, 11) is 0. The summed E-state index contributed by atoms with van der Waals surface area (Å²) in [5, 5.41) is 17.5. The van der Waals surface area contributed by atoms with Crippen LogP contribution >= 0.6 is 0 Å². The molecular weight excluding hydrogens is 258 g/mol. The number of hydrogen-bond acceptors (Lipinski definition) is 3. The smallest absolute Gasteiger partial charge is 0.319 e. The van der Waals surface area contributed by atoms with E-state index in [1.54, 1.807) is 12.1 Å². The summed E-state index contributed by atoms with van der Waals surface area (Å²) < 4.78 is 0. The number of benzene rings is 1. The molecule has 0 aromatic heterocycles. The van der Waals surface area contributed by atoms with Crippen molar-refractivity contribution in [1.29, 1.82) is 0 Å². The zero-order valence-electron chi connectivity index (χ0n) is 11.2. The van der Waals surface area contributed by atoms with E-state index in [9.17, 15) is 14.7 Å². The first-order valence-corrected chi connectivity index (χ1v) is 6.66. The van der Waals surface area contributed by atoms with Gasteiger partial charge >= 0.3 is 6.03 Å². The Kier molecular flexibility index (Phi) is 4.57. The minimum absolute atomic E-state index is 0.116. The summed E-state index contributed by atoms with van der Waals surface area (Å²) in [4.78, 5) is 23.1. The molecule has 0 spiro atoms. The quantitative estimate of drug-likeness (QED) is 0.643. The lowest BCUT2D eigenvalue weighted by atomic mass is 9.80. The highest BCUT2D eigenvalue weighted by Crippen LogP contribution is 2.30. The lowest BCUT2D eigenvalue weighted by Gasteiger charge is -2.36. The van der Waals surface area contributed by atoms with Gasteiger partial charge in [0.05, 0.1) is 12.1 Å². The first-order chi connectivity index (χ1) is 9.57. The van der Waals surface area contributed by atoms with Crippen molar-refractivity contribution in [3.8, 4) is 0 Å². The van der Waals surface area contributed by atoms with E-state index in [0.29, 0.717) is 5.69 Å². The molecule has 0 heterocycles. The first-order valence-electron chi connectivity index (χ1n) is 6.66. The van der Waals surface area contributed by atoms with Crippen molar-refractivity contribution in [2.45, 2.75) is 24.9 Å². The van der Waals surface area contributed by atoms with E-state index < -0.39 is 11.6 Å². The van der Waals surface area contributed by atoms with Crippen LogP contribution in [0.15, 0.2) is 30.3 Å². The van der Waals surface area contributed by atoms with Gasteiger partial charge in [0.15, 0.2) is 0 Å². The summed E-state index contributed by atoms with van der Waals surface area (Å²) in [5.74, 6) is -0.312. The van der Waals surface area contributed by atoms with Crippen LogP contribution in [0.3, 0.4) is 0 Å². The van der Waals surface area contributed by atoms with E-state index in [0.717, 1.165) is 19.3 Å². The molecule has 1 aliphatic carbocycles. The van der Waals surface area contributed by atoms with Crippen LogP contribution in [0.1, 0.15) is 19.3 Å². The van der Waals surface area contributed by atoms with Gasteiger partial charge < -0.3 is 21.1 Å². The molecule has 6 heteroatoms. The van der Waals surface area contributed by atoms with Gasteiger partial charge in [0.2, 0.25) is 5.91 Å². The Hall–Kier alpha value is -2.08. The number of hydrogen-bond donors (Lipinski definition) is 4. The molecule has 20 heavy (non-hydrogen) atoms. The normalized spacial score (nSPS) is 15.8. The summed E-state index contributed by atoms with van der Waals surface area (Å²) in [6.45, 7) is 0.128. The maximum atomic E-state index is 11.5. The predicted molar refractivity (Wildman–Crippen MR) is 75.3 cm³/mol. The number of amides is 3. The summed E-state index contributed by atoms with van der Waals surface area (Å²) in [5.41, 5.74) is -0.0868. The van der Waals surface area contributed by atoms with Gasteiger partial charge in [0.1, 0.15) is 0 Å². The molecule has 4 N–H and O–H groups in total. The molecule has 6 nitrogen and oxygen atoms in total. The third-order valence-electron chi connectivity index (χ3n) is 3.34. The molecule has 3 amide bonds. The fraction of sp³-hybridized carbons (Fsp3) is 0.429. The van der Waals surface area contributed by atoms with Gasteiger partial charge in [-0.3, -0.25) is 4.79 Å². The Bertz CT molecular complexity index is 472. The molecule has 1 saturated carbocycles. The number of rotatable bonds is 5. The SMILES string of the molecule is O=C(CNC(=O)Nc1ccccc1)NCC1(O)CCC1. The molecule has 0 unspecified atom stereocenters. The largest absolute Gasteiger partial charge is 0.388 e. The molecule has 0 radical (unpaired) electrons. The Balaban J connectivity index is 1.64. The topological polar surface area (TPSA) is 90.5 Å². The minimum Gasteiger partial charge on any atom is -0.388 e. The van der Waals surface area contributed by atoms with Crippen molar-refractivity contribution in [3.63, 3.8) is 0 Å². The van der Waals surface area contributed by atoms with Crippen molar-refractivity contribution in [3.05, 3.63) is 30.3 Å². The van der Waals surface area contributed by atoms with Gasteiger partial charge in [-0.15, -0.1) is 0 Å². The maximum Gasteiger partial charge on any atom is 0.319 e. The second kappa shape index (κ2) is 6.38. The molecule has 0 atom stereocenters. The zero-order chi connectivity index (χ0) is 14.4. The van der Waals surface area contributed by atoms with Gasteiger partial charge in [0, 0.05) is 12.2 Å². The lowest BCUT2D eigenvalue weighted by Crippen LogP contribution is -2.49. The van der Waals surface area contributed by atoms with E-state index in [1.165, 1.54) is 0 Å². The van der Waals surface area contributed by atoms with Crippen molar-refractivity contribution < 1.29 is 14.7 Å². The van der Waals surface area contributed by atoms with Crippen LogP contribution in [-0.2, 0) is 4.79 Å². The van der Waals surface area contributed by atoms with Crippen molar-refractivity contribution in [2.24, 2.45) is 0 Å². The number of nitrogens with one attached hydrogen (secondary N) is 3. The van der Waals surface area contributed by atoms with Crippen molar-refractivity contribution >= 4 is 17.6 Å². The molecule has 0 bridgehead atoms. The highest BCUT2D eigenvalue weighted by Gasteiger charge is 2.34. The van der Waals surface area contributed by atoms with E-state index in [-0.39, 0.29) is 19.0 Å². The van der Waals surface area contributed by atoms with Crippen LogP contribution in [0.4, 0.5) is 10.5 Å². The number of aliphatic hydroxyl groups is 1. The second-order valence-electron chi connectivity index (χ2n) is 5.03. The average Bonchev–Trinajstić information content (AvgIpc) is 2.42. The van der Waals surface area contributed by atoms with Crippen LogP contribution in [0.25, 0.3) is 0 Å². The number of anilines is 1. The molecule has 0 aliphatic heterocycles. The lowest BCUT2D eigenvalue weighted by molar-refractivity contribution is -0.122. The van der Waals surface area contributed by atoms with Gasteiger partial charge in [-0.05, 0) is 31.4 Å². The van der Waals surface area contributed by atoms with E-state index in [4.69, 9.17) is 0 Å². The number of para-hydroxylation sites is 1. The zero-order valence-corrected chi connectivity index (χ0v) is 11.2. The fourth-order valence-corrected chi connectivity index (χ4v) is 1.94. The fourth-order valence-electron chi connectivity index (χ4n) is 1.94. The summed E-state index contributed by atoms with van der Waals surface area (Å²) >= 11 is 0. The third-order valence-corrected chi connectivity index (χ3v) is 3.34. The molecule has 1 aliphatic rings. The molecule has 1 aromatic rings. The van der Waals surface area contributed by atoms with Crippen LogP contribution < -0.4 is 16.0 Å². The average molecular weight is 277 g/mol. The second-order valence-corrected chi connectivity index (χ2v) is 5.03. The molecule has 1 aromatic carbocycles. The van der Waals surface area contributed by atoms with Gasteiger partial charge in [-0.1, -0.05) is 18.2 Å². The van der Waals surface area contributed by atoms with E-state index >= 15 is 0 Å². The van der Waals surface area contributed by atoms with E-state index in [1.807, 2.05) is 18.2 Å². The Morgan fingerprint density at radius 1 is 1.15 bits per heavy atom. The molecule has 108 valence electrons. The molecule has 1 fully saturated rings. The standard InChI is InChI=1S/C14H19N3O3/c18-12(16-10-14(20)7-4-8-14)9-15-13(19)17-11-5-2-1-3-6-11/h1-3,5-6,20H,4,7-10H2,(H,16,18)(H2,15,17,19). The number of carbonyl (C=O) groups is 2. The number of urea groups is 1. The Morgan fingerprint density at radius 3 is 2.45 bits per heavy atom. The maximum absolute atomic E-state index is 11.5. The molecular formula is C14H19N3O3. The van der Waals surface area contributed by atoms with E-state index in [2.05, 4.69) is 16.0 Å².